The molecule has 1 aromatic rings. The molecule has 1 aromatic carbocycles. The third-order valence-corrected chi connectivity index (χ3v) is 3.26. The smallest absolute Gasteiger partial charge is 0.335 e. The van der Waals surface area contributed by atoms with Gasteiger partial charge in [-0.15, -0.1) is 0 Å². The number of nitrogens with one attached hydrogen (secondary N) is 1. The molecule has 0 aromatic heterocycles. The fourth-order valence-electron chi connectivity index (χ4n) is 1.67. The minimum Gasteiger partial charge on any atom is -0.495 e. The van der Waals surface area contributed by atoms with E-state index in [1.165, 1.54) is 25.3 Å². The molecular formula is C14H20N2O4. The van der Waals surface area contributed by atoms with Gasteiger partial charge in [0.05, 0.1) is 24.4 Å². The van der Waals surface area contributed by atoms with Crippen molar-refractivity contribution < 1.29 is 19.4 Å². The van der Waals surface area contributed by atoms with E-state index >= 15 is 0 Å². The highest BCUT2D eigenvalue weighted by atomic mass is 16.5. The Hall–Kier alpha value is -2.08. The SMILES string of the molecule is CC[C@H](C)[C@H](N)C(=O)Nc1cc(C(=O)O)ccc1OC. The van der Waals surface area contributed by atoms with Gasteiger partial charge in [0, 0.05) is 0 Å². The fraction of sp³-hybridized carbons (Fsp3) is 0.429. The van der Waals surface area contributed by atoms with Gasteiger partial charge >= 0.3 is 5.97 Å². The zero-order valence-corrected chi connectivity index (χ0v) is 11.8. The number of methoxy groups -OCH3 is 1. The number of nitrogens with two attached hydrogens (primary N) is 1. The van der Waals surface area contributed by atoms with Crippen LogP contribution >= 0.6 is 0 Å². The lowest BCUT2D eigenvalue weighted by atomic mass is 9.99. The second-order valence-electron chi connectivity index (χ2n) is 4.62. The molecular weight excluding hydrogens is 260 g/mol. The number of carboxylic acids is 1. The summed E-state index contributed by atoms with van der Waals surface area (Å²) in [6.45, 7) is 3.83. The number of benzene rings is 1. The van der Waals surface area contributed by atoms with Crippen molar-refractivity contribution in [1.29, 1.82) is 0 Å². The first kappa shape index (κ1) is 16.0. The first-order chi connectivity index (χ1) is 9.40. The third kappa shape index (κ3) is 3.71. The van der Waals surface area contributed by atoms with Crippen LogP contribution in [0.2, 0.25) is 0 Å². The number of anilines is 1. The molecule has 0 saturated carbocycles. The molecule has 0 aliphatic heterocycles. The van der Waals surface area contributed by atoms with E-state index in [4.69, 9.17) is 15.6 Å². The number of rotatable bonds is 6. The Balaban J connectivity index is 2.98. The van der Waals surface area contributed by atoms with E-state index < -0.39 is 12.0 Å². The molecule has 110 valence electrons. The molecule has 0 heterocycles. The Morgan fingerprint density at radius 1 is 1.45 bits per heavy atom. The van der Waals surface area contributed by atoms with Crippen molar-refractivity contribution >= 4 is 17.6 Å². The molecule has 1 amide bonds. The summed E-state index contributed by atoms with van der Waals surface area (Å²) in [6, 6.07) is 3.60. The molecule has 0 unspecified atom stereocenters. The van der Waals surface area contributed by atoms with Crippen molar-refractivity contribution in [2.24, 2.45) is 11.7 Å². The largest absolute Gasteiger partial charge is 0.495 e. The number of carboxylic acid groups (broad SMARTS) is 1. The number of amides is 1. The second-order valence-corrected chi connectivity index (χ2v) is 4.62. The van der Waals surface area contributed by atoms with Gasteiger partial charge in [0.25, 0.3) is 0 Å². The van der Waals surface area contributed by atoms with Gasteiger partial charge in [-0.1, -0.05) is 20.3 Å². The van der Waals surface area contributed by atoms with E-state index in [2.05, 4.69) is 5.32 Å². The normalized spacial score (nSPS) is 13.4. The molecule has 6 nitrogen and oxygen atoms in total. The number of hydrogen-bond acceptors (Lipinski definition) is 4. The first-order valence-electron chi connectivity index (χ1n) is 6.38. The Bertz CT molecular complexity index is 502. The van der Waals surface area contributed by atoms with Gasteiger partial charge in [-0.05, 0) is 24.1 Å². The Labute approximate surface area is 117 Å². The standard InChI is InChI=1S/C14H20N2O4/c1-4-8(2)12(15)13(17)16-10-7-9(14(18)19)5-6-11(10)20-3/h5-8,12H,4,15H2,1-3H3,(H,16,17)(H,18,19)/t8-,12-/m0/s1. The van der Waals surface area contributed by atoms with Crippen LogP contribution in [0.4, 0.5) is 5.69 Å². The van der Waals surface area contributed by atoms with Gasteiger partial charge in [-0.2, -0.15) is 0 Å². The highest BCUT2D eigenvalue weighted by Crippen LogP contribution is 2.26. The number of hydrogen-bond donors (Lipinski definition) is 3. The van der Waals surface area contributed by atoms with Gasteiger partial charge in [-0.25, -0.2) is 4.79 Å². The van der Waals surface area contributed by atoms with E-state index in [9.17, 15) is 9.59 Å². The number of carbonyl (C=O) groups excluding carboxylic acids is 1. The predicted molar refractivity (Wildman–Crippen MR) is 76.0 cm³/mol. The van der Waals surface area contributed by atoms with Crippen LogP contribution in [0.1, 0.15) is 30.6 Å². The zero-order valence-electron chi connectivity index (χ0n) is 11.8. The van der Waals surface area contributed by atoms with Crippen LogP contribution in [0.5, 0.6) is 5.75 Å². The summed E-state index contributed by atoms with van der Waals surface area (Å²) in [5, 5.41) is 11.6. The van der Waals surface area contributed by atoms with Crippen molar-refractivity contribution in [3.8, 4) is 5.75 Å². The monoisotopic (exact) mass is 280 g/mol. The van der Waals surface area contributed by atoms with Crippen LogP contribution in [0.25, 0.3) is 0 Å². The zero-order chi connectivity index (χ0) is 15.3. The molecule has 1 rings (SSSR count). The van der Waals surface area contributed by atoms with Gasteiger partial charge in [0.1, 0.15) is 5.75 Å². The third-order valence-electron chi connectivity index (χ3n) is 3.26. The molecule has 0 aliphatic rings. The molecule has 2 atom stereocenters. The van der Waals surface area contributed by atoms with Crippen LogP contribution in [-0.4, -0.2) is 30.1 Å². The van der Waals surface area contributed by atoms with E-state index in [1.807, 2.05) is 13.8 Å². The molecule has 6 heteroatoms. The Kier molecular flexibility index (Phi) is 5.52. The maximum atomic E-state index is 12.0. The Morgan fingerprint density at radius 3 is 2.60 bits per heavy atom. The first-order valence-corrected chi connectivity index (χ1v) is 6.38. The van der Waals surface area contributed by atoms with Gasteiger partial charge < -0.3 is 20.9 Å². The average Bonchev–Trinajstić information content (AvgIpc) is 2.45. The van der Waals surface area contributed by atoms with Gasteiger partial charge in [-0.3, -0.25) is 4.79 Å². The van der Waals surface area contributed by atoms with E-state index in [1.54, 1.807) is 0 Å². The number of ether oxygens (including phenoxy) is 1. The minimum absolute atomic E-state index is 0.0312. The summed E-state index contributed by atoms with van der Waals surface area (Å²) >= 11 is 0. The summed E-state index contributed by atoms with van der Waals surface area (Å²) < 4.78 is 5.10. The Morgan fingerprint density at radius 2 is 2.10 bits per heavy atom. The maximum Gasteiger partial charge on any atom is 0.335 e. The minimum atomic E-state index is -1.07. The highest BCUT2D eigenvalue weighted by molar-refractivity contribution is 5.98. The van der Waals surface area contributed by atoms with Crippen molar-refractivity contribution in [3.63, 3.8) is 0 Å². The molecule has 0 aliphatic carbocycles. The summed E-state index contributed by atoms with van der Waals surface area (Å²) in [5.74, 6) is -1.02. The van der Waals surface area contributed by atoms with Crippen LogP contribution < -0.4 is 15.8 Å². The van der Waals surface area contributed by atoms with Crippen molar-refractivity contribution in [2.75, 3.05) is 12.4 Å². The molecule has 4 N–H and O–H groups in total. The summed E-state index contributed by atoms with van der Waals surface area (Å²) in [5.41, 5.74) is 6.21. The van der Waals surface area contributed by atoms with Crippen LogP contribution in [-0.2, 0) is 4.79 Å². The molecule has 0 radical (unpaired) electrons. The summed E-state index contributed by atoms with van der Waals surface area (Å²) in [7, 11) is 1.44. The molecule has 0 fully saturated rings. The lowest BCUT2D eigenvalue weighted by Crippen LogP contribution is -2.40. The van der Waals surface area contributed by atoms with Gasteiger partial charge in [0.15, 0.2) is 0 Å². The topological polar surface area (TPSA) is 102 Å². The van der Waals surface area contributed by atoms with E-state index in [-0.39, 0.29) is 17.4 Å². The summed E-state index contributed by atoms with van der Waals surface area (Å²) in [4.78, 5) is 23.0. The number of carbonyl (C=O) groups is 2. The van der Waals surface area contributed by atoms with Gasteiger partial charge in [0.2, 0.25) is 5.91 Å². The molecule has 20 heavy (non-hydrogen) atoms. The predicted octanol–water partition coefficient (Wildman–Crippen LogP) is 1.71. The lowest BCUT2D eigenvalue weighted by Gasteiger charge is -2.19. The van der Waals surface area contributed by atoms with E-state index in [0.29, 0.717) is 11.4 Å². The average molecular weight is 280 g/mol. The van der Waals surface area contributed by atoms with Crippen LogP contribution in [0.3, 0.4) is 0 Å². The summed E-state index contributed by atoms with van der Waals surface area (Å²) in [6.07, 6.45) is 0.779. The number of aromatic carboxylic acids is 1. The van der Waals surface area contributed by atoms with E-state index in [0.717, 1.165) is 6.42 Å². The quantitative estimate of drug-likeness (QED) is 0.736. The molecule has 0 saturated heterocycles. The molecule has 0 spiro atoms. The van der Waals surface area contributed by atoms with Crippen molar-refractivity contribution in [3.05, 3.63) is 23.8 Å². The van der Waals surface area contributed by atoms with Crippen molar-refractivity contribution in [1.82, 2.24) is 0 Å². The maximum absolute atomic E-state index is 12.0. The van der Waals surface area contributed by atoms with Crippen molar-refractivity contribution in [2.45, 2.75) is 26.3 Å². The second kappa shape index (κ2) is 6.91. The lowest BCUT2D eigenvalue weighted by molar-refractivity contribution is -0.118. The highest BCUT2D eigenvalue weighted by Gasteiger charge is 2.21. The fourth-order valence-corrected chi connectivity index (χ4v) is 1.67. The molecule has 0 bridgehead atoms. The van der Waals surface area contributed by atoms with Crippen LogP contribution in [0.15, 0.2) is 18.2 Å². The van der Waals surface area contributed by atoms with Crippen LogP contribution in [0, 0.1) is 5.92 Å².